The molecule has 19 heavy (non-hydrogen) atoms. The van der Waals surface area contributed by atoms with Crippen molar-refractivity contribution in [1.29, 1.82) is 0 Å². The molecule has 0 saturated carbocycles. The first-order chi connectivity index (χ1) is 9.15. The molecule has 0 aliphatic rings. The van der Waals surface area contributed by atoms with E-state index < -0.39 is 0 Å². The number of imidazole rings is 1. The fourth-order valence-corrected chi connectivity index (χ4v) is 2.39. The molecule has 0 bridgehead atoms. The minimum atomic E-state index is 0.545. The van der Waals surface area contributed by atoms with Crippen LogP contribution in [0.3, 0.4) is 0 Å². The second-order valence-electron chi connectivity index (χ2n) is 4.29. The fourth-order valence-electron chi connectivity index (χ4n) is 1.97. The van der Waals surface area contributed by atoms with Crippen LogP contribution in [0.15, 0.2) is 30.3 Å². The molecule has 0 spiro atoms. The Morgan fingerprint density at radius 2 is 2.11 bits per heavy atom. The van der Waals surface area contributed by atoms with Crippen molar-refractivity contribution >= 4 is 40.2 Å². The summed E-state index contributed by atoms with van der Waals surface area (Å²) in [5.41, 5.74) is 2.94. The summed E-state index contributed by atoms with van der Waals surface area (Å²) in [7, 11) is 1.88. The maximum Gasteiger partial charge on any atom is 0.201 e. The molecule has 0 atom stereocenters. The van der Waals surface area contributed by atoms with Crippen molar-refractivity contribution in [2.75, 3.05) is 5.32 Å². The number of fused-ring (bicyclic) bond motifs is 1. The molecule has 0 aliphatic carbocycles. The van der Waals surface area contributed by atoms with Crippen LogP contribution in [0.4, 0.5) is 5.95 Å². The number of aromatic amines is 1. The van der Waals surface area contributed by atoms with Crippen molar-refractivity contribution in [2.45, 2.75) is 6.54 Å². The molecule has 0 saturated heterocycles. The molecule has 0 unspecified atom stereocenters. The van der Waals surface area contributed by atoms with Crippen LogP contribution in [-0.4, -0.2) is 14.5 Å². The number of halogens is 2. The number of nitrogens with zero attached hydrogens (tertiary/aromatic N) is 2. The average molecular weight is 295 g/mol. The molecular weight excluding hydrogens is 283 g/mol. The van der Waals surface area contributed by atoms with Gasteiger partial charge in [0.05, 0.1) is 22.6 Å². The predicted molar refractivity (Wildman–Crippen MR) is 78.9 cm³/mol. The highest BCUT2D eigenvalue weighted by Gasteiger charge is 2.09. The summed E-state index contributed by atoms with van der Waals surface area (Å²) < 4.78 is 1.85. The summed E-state index contributed by atoms with van der Waals surface area (Å²) in [6.45, 7) is 0.600. The smallest absolute Gasteiger partial charge is 0.201 e. The third-order valence-electron chi connectivity index (χ3n) is 3.04. The number of anilines is 1. The number of rotatable bonds is 3. The van der Waals surface area contributed by atoms with Gasteiger partial charge in [0.25, 0.3) is 0 Å². The molecule has 0 aliphatic heterocycles. The van der Waals surface area contributed by atoms with Crippen LogP contribution in [0.25, 0.3) is 11.0 Å². The molecule has 2 heterocycles. The molecule has 2 aromatic heterocycles. The Balaban J connectivity index is 1.80. The van der Waals surface area contributed by atoms with E-state index in [1.54, 1.807) is 0 Å². The van der Waals surface area contributed by atoms with Gasteiger partial charge in [0, 0.05) is 12.7 Å². The van der Waals surface area contributed by atoms with Gasteiger partial charge in [0.2, 0.25) is 5.95 Å². The predicted octanol–water partition coefficient (Wildman–Crippen LogP) is 3.82. The van der Waals surface area contributed by atoms with Gasteiger partial charge in [-0.3, -0.25) is 0 Å². The SMILES string of the molecule is Cn1c(CNc2nc3ccccc3[nH]2)cc(Cl)c1Cl. The molecule has 98 valence electrons. The lowest BCUT2D eigenvalue weighted by Gasteiger charge is -2.04. The number of nitrogens with one attached hydrogen (secondary N) is 2. The Kier molecular flexibility index (Phi) is 3.12. The number of benzene rings is 1. The van der Waals surface area contributed by atoms with E-state index in [0.29, 0.717) is 16.7 Å². The maximum absolute atomic E-state index is 6.02. The highest BCUT2D eigenvalue weighted by Crippen LogP contribution is 2.25. The topological polar surface area (TPSA) is 45.6 Å². The third-order valence-corrected chi connectivity index (χ3v) is 3.88. The summed E-state index contributed by atoms with van der Waals surface area (Å²) in [4.78, 5) is 7.65. The summed E-state index contributed by atoms with van der Waals surface area (Å²) in [5, 5.41) is 4.33. The maximum atomic E-state index is 6.02. The second-order valence-corrected chi connectivity index (χ2v) is 5.05. The van der Waals surface area contributed by atoms with Crippen molar-refractivity contribution in [2.24, 2.45) is 7.05 Å². The van der Waals surface area contributed by atoms with Crippen LogP contribution >= 0.6 is 23.2 Å². The van der Waals surface area contributed by atoms with Crippen LogP contribution in [0.5, 0.6) is 0 Å². The Morgan fingerprint density at radius 3 is 2.79 bits per heavy atom. The van der Waals surface area contributed by atoms with E-state index in [9.17, 15) is 0 Å². The van der Waals surface area contributed by atoms with Crippen LogP contribution in [0.2, 0.25) is 10.2 Å². The van der Waals surface area contributed by atoms with E-state index in [4.69, 9.17) is 23.2 Å². The van der Waals surface area contributed by atoms with Gasteiger partial charge < -0.3 is 14.9 Å². The van der Waals surface area contributed by atoms with E-state index in [0.717, 1.165) is 22.7 Å². The van der Waals surface area contributed by atoms with Crippen LogP contribution in [0.1, 0.15) is 5.69 Å². The van der Waals surface area contributed by atoms with Crippen molar-refractivity contribution in [3.8, 4) is 0 Å². The quantitative estimate of drug-likeness (QED) is 0.771. The molecule has 1 aromatic carbocycles. The van der Waals surface area contributed by atoms with E-state index in [2.05, 4.69) is 15.3 Å². The number of para-hydroxylation sites is 2. The van der Waals surface area contributed by atoms with Gasteiger partial charge in [0.1, 0.15) is 5.15 Å². The fraction of sp³-hybridized carbons (Fsp3) is 0.154. The normalized spacial score (nSPS) is 11.1. The number of hydrogen-bond acceptors (Lipinski definition) is 2. The number of H-pyrrole nitrogens is 1. The van der Waals surface area contributed by atoms with Gasteiger partial charge in [0.15, 0.2) is 0 Å². The Morgan fingerprint density at radius 1 is 1.32 bits per heavy atom. The van der Waals surface area contributed by atoms with Crippen LogP contribution in [0, 0.1) is 0 Å². The zero-order valence-electron chi connectivity index (χ0n) is 10.2. The molecular formula is C13H12Cl2N4. The second kappa shape index (κ2) is 4.79. The van der Waals surface area contributed by atoms with Crippen LogP contribution < -0.4 is 5.32 Å². The highest BCUT2D eigenvalue weighted by molar-refractivity contribution is 6.41. The Bertz CT molecular complexity index is 696. The third kappa shape index (κ3) is 2.29. The van der Waals surface area contributed by atoms with Crippen molar-refractivity contribution in [1.82, 2.24) is 14.5 Å². The zero-order valence-corrected chi connectivity index (χ0v) is 11.8. The minimum Gasteiger partial charge on any atom is -0.350 e. The van der Waals surface area contributed by atoms with Gasteiger partial charge in [-0.25, -0.2) is 4.98 Å². The summed E-state index contributed by atoms with van der Waals surface area (Å²) in [6, 6.07) is 9.74. The molecule has 2 N–H and O–H groups in total. The Hall–Kier alpha value is -1.65. The first kappa shape index (κ1) is 12.4. The largest absolute Gasteiger partial charge is 0.350 e. The summed E-state index contributed by atoms with van der Waals surface area (Å²) in [6.07, 6.45) is 0. The minimum absolute atomic E-state index is 0.545. The van der Waals surface area contributed by atoms with E-state index in [1.165, 1.54) is 0 Å². The van der Waals surface area contributed by atoms with Gasteiger partial charge in [-0.2, -0.15) is 0 Å². The standard InChI is InChI=1S/C13H12Cl2N4/c1-19-8(6-9(14)12(19)15)7-16-13-17-10-4-2-3-5-11(10)18-13/h2-6H,7H2,1H3,(H2,16,17,18). The summed E-state index contributed by atoms with van der Waals surface area (Å²) in [5.74, 6) is 0.731. The molecule has 6 heteroatoms. The highest BCUT2D eigenvalue weighted by atomic mass is 35.5. The Labute approximate surface area is 120 Å². The average Bonchev–Trinajstić information content (AvgIpc) is 2.93. The molecule has 0 amide bonds. The summed E-state index contributed by atoms with van der Waals surface area (Å²) >= 11 is 12.0. The van der Waals surface area contributed by atoms with E-state index >= 15 is 0 Å². The lowest BCUT2D eigenvalue weighted by Crippen LogP contribution is -2.05. The molecule has 0 radical (unpaired) electrons. The van der Waals surface area contributed by atoms with Crippen molar-refractivity contribution < 1.29 is 0 Å². The van der Waals surface area contributed by atoms with E-state index in [-0.39, 0.29) is 0 Å². The molecule has 4 nitrogen and oxygen atoms in total. The molecule has 0 fully saturated rings. The molecule has 3 rings (SSSR count). The van der Waals surface area contributed by atoms with Crippen LogP contribution in [-0.2, 0) is 13.6 Å². The zero-order chi connectivity index (χ0) is 13.4. The van der Waals surface area contributed by atoms with Gasteiger partial charge in [-0.15, -0.1) is 0 Å². The van der Waals surface area contributed by atoms with E-state index in [1.807, 2.05) is 41.9 Å². The van der Waals surface area contributed by atoms with Crippen molar-refractivity contribution in [3.63, 3.8) is 0 Å². The first-order valence-electron chi connectivity index (χ1n) is 5.83. The number of hydrogen-bond donors (Lipinski definition) is 2. The number of aromatic nitrogens is 3. The van der Waals surface area contributed by atoms with Gasteiger partial charge in [-0.05, 0) is 18.2 Å². The van der Waals surface area contributed by atoms with Gasteiger partial charge >= 0.3 is 0 Å². The lowest BCUT2D eigenvalue weighted by atomic mass is 10.3. The lowest BCUT2D eigenvalue weighted by molar-refractivity contribution is 0.840. The monoisotopic (exact) mass is 294 g/mol. The van der Waals surface area contributed by atoms with Gasteiger partial charge in [-0.1, -0.05) is 35.3 Å². The first-order valence-corrected chi connectivity index (χ1v) is 6.59. The molecule has 3 aromatic rings. The van der Waals surface area contributed by atoms with Crippen molar-refractivity contribution in [3.05, 3.63) is 46.2 Å².